The maximum atomic E-state index is 2.54. The Bertz CT molecular complexity index is 2590. The zero-order valence-electron chi connectivity index (χ0n) is 28.3. The molecule has 2 aliphatic carbocycles. The number of fused-ring (bicyclic) bond motifs is 5. The van der Waals surface area contributed by atoms with E-state index in [0.717, 1.165) is 6.42 Å². The molecule has 0 nitrogen and oxygen atoms in total. The number of hydrogen-bond acceptors (Lipinski definition) is 0. The summed E-state index contributed by atoms with van der Waals surface area (Å²) in [4.78, 5) is 0. The number of benzene rings is 8. The molecule has 0 saturated carbocycles. The first-order valence-electron chi connectivity index (χ1n) is 18.0. The summed E-state index contributed by atoms with van der Waals surface area (Å²) < 4.78 is 0. The number of rotatable bonds is 6. The van der Waals surface area contributed by atoms with Crippen molar-refractivity contribution in [3.63, 3.8) is 0 Å². The summed E-state index contributed by atoms with van der Waals surface area (Å²) in [7, 11) is 0. The zero-order chi connectivity index (χ0) is 33.8. The van der Waals surface area contributed by atoms with Crippen molar-refractivity contribution < 1.29 is 0 Å². The molecule has 0 heterocycles. The first-order valence-corrected chi connectivity index (χ1v) is 18.0. The van der Waals surface area contributed by atoms with Gasteiger partial charge in [0.05, 0.1) is 5.41 Å². The normalized spacial score (nSPS) is 13.6. The molecular weight excluding hydrogens is 613 g/mol. The smallest absolute Gasteiger partial charge is 0.0551 e. The molecule has 0 radical (unpaired) electrons. The molecule has 240 valence electrons. The summed E-state index contributed by atoms with van der Waals surface area (Å²) in [5.41, 5.74) is 14.1. The highest BCUT2D eigenvalue weighted by Gasteiger charge is 2.45. The largest absolute Gasteiger partial charge is 0.0761 e. The van der Waals surface area contributed by atoms with Gasteiger partial charge >= 0.3 is 0 Å². The van der Waals surface area contributed by atoms with Crippen LogP contribution in [0.1, 0.15) is 27.8 Å². The Balaban J connectivity index is 1.31. The average molecular weight is 649 g/mol. The standard InChI is InChI=1S/C51H36/c1-3-19-40(20-4-1)51(42-23-9-10-24-42,41-21-5-2-6-22-41)50-34-39(46-28-14-18-36-16-8-12-26-44(36)46)33-48-47-31-37(29-30-38(47)32-49(48)50)45-27-13-17-35-15-7-11-25-43(35)45/h1-31,33-34,42H,32H2. The molecule has 10 rings (SSSR count). The summed E-state index contributed by atoms with van der Waals surface area (Å²) >= 11 is 0. The molecule has 0 aromatic heterocycles. The minimum atomic E-state index is -0.447. The lowest BCUT2D eigenvalue weighted by molar-refractivity contribution is 0.525. The summed E-state index contributed by atoms with van der Waals surface area (Å²) in [6.07, 6.45) is 10.2. The predicted octanol–water partition coefficient (Wildman–Crippen LogP) is 13.0. The van der Waals surface area contributed by atoms with Gasteiger partial charge in [0.1, 0.15) is 0 Å². The van der Waals surface area contributed by atoms with Crippen molar-refractivity contribution in [2.45, 2.75) is 11.8 Å². The van der Waals surface area contributed by atoms with Crippen molar-refractivity contribution in [3.8, 4) is 33.4 Å². The van der Waals surface area contributed by atoms with Gasteiger partial charge < -0.3 is 0 Å². The Kier molecular flexibility index (Phi) is 6.96. The molecule has 0 heteroatoms. The van der Waals surface area contributed by atoms with Crippen molar-refractivity contribution in [1.82, 2.24) is 0 Å². The van der Waals surface area contributed by atoms with Crippen LogP contribution in [0.2, 0.25) is 0 Å². The van der Waals surface area contributed by atoms with Crippen LogP contribution in [-0.2, 0) is 11.8 Å². The highest BCUT2D eigenvalue weighted by Crippen LogP contribution is 2.54. The molecule has 51 heavy (non-hydrogen) atoms. The van der Waals surface area contributed by atoms with Crippen LogP contribution in [0.15, 0.2) is 200 Å². The second-order valence-corrected chi connectivity index (χ2v) is 14.0. The van der Waals surface area contributed by atoms with Gasteiger partial charge in [-0.15, -0.1) is 0 Å². The van der Waals surface area contributed by atoms with Crippen LogP contribution >= 0.6 is 0 Å². The van der Waals surface area contributed by atoms with Gasteiger partial charge in [0, 0.05) is 5.92 Å². The van der Waals surface area contributed by atoms with E-state index in [2.05, 4.69) is 200 Å². The fraction of sp³-hybridized carbons (Fsp3) is 0.0588. The molecular formula is C51H36. The fourth-order valence-electron chi connectivity index (χ4n) is 9.07. The zero-order valence-corrected chi connectivity index (χ0v) is 28.3. The molecule has 2 aliphatic rings. The molecule has 8 aromatic carbocycles. The molecule has 0 bridgehead atoms. The lowest BCUT2D eigenvalue weighted by atomic mass is 9.60. The highest BCUT2D eigenvalue weighted by atomic mass is 14.5. The highest BCUT2D eigenvalue weighted by molar-refractivity contribution is 6.00. The van der Waals surface area contributed by atoms with Gasteiger partial charge in [0.15, 0.2) is 0 Å². The molecule has 0 amide bonds. The van der Waals surface area contributed by atoms with Crippen LogP contribution in [-0.4, -0.2) is 0 Å². The second-order valence-electron chi connectivity index (χ2n) is 14.0. The lowest BCUT2D eigenvalue weighted by Gasteiger charge is -2.41. The first-order chi connectivity index (χ1) is 25.3. The van der Waals surface area contributed by atoms with Gasteiger partial charge in [-0.2, -0.15) is 0 Å². The lowest BCUT2D eigenvalue weighted by Crippen LogP contribution is -2.37. The summed E-state index contributed by atoms with van der Waals surface area (Å²) in [5.74, 6) is 0.143. The van der Waals surface area contributed by atoms with Crippen molar-refractivity contribution in [1.29, 1.82) is 0 Å². The fourth-order valence-corrected chi connectivity index (χ4v) is 9.07. The monoisotopic (exact) mass is 648 g/mol. The summed E-state index contributed by atoms with van der Waals surface area (Å²) in [6.45, 7) is 0. The van der Waals surface area contributed by atoms with Gasteiger partial charge in [0.2, 0.25) is 0 Å². The van der Waals surface area contributed by atoms with E-state index in [0.29, 0.717) is 0 Å². The van der Waals surface area contributed by atoms with Crippen molar-refractivity contribution in [2.24, 2.45) is 5.92 Å². The molecule has 0 unspecified atom stereocenters. The van der Waals surface area contributed by atoms with E-state index in [-0.39, 0.29) is 5.92 Å². The molecule has 0 fully saturated rings. The Hall–Kier alpha value is -6.24. The quantitative estimate of drug-likeness (QED) is 0.157. The third kappa shape index (κ3) is 4.68. The van der Waals surface area contributed by atoms with E-state index in [9.17, 15) is 0 Å². The third-order valence-electron chi connectivity index (χ3n) is 11.3. The van der Waals surface area contributed by atoms with E-state index >= 15 is 0 Å². The minimum absolute atomic E-state index is 0.143. The second kappa shape index (κ2) is 12.0. The SMILES string of the molecule is C1=CC(C(c2ccccc2)(c2ccccc2)c2cc(-c3cccc4ccccc34)cc3c2Cc2ccc(-c4cccc5ccccc45)cc2-3)C=C1. The Morgan fingerprint density at radius 3 is 1.57 bits per heavy atom. The van der Waals surface area contributed by atoms with Gasteiger partial charge in [-0.05, 0) is 107 Å². The van der Waals surface area contributed by atoms with E-state index in [1.54, 1.807) is 0 Å². The van der Waals surface area contributed by atoms with Gasteiger partial charge in [0.25, 0.3) is 0 Å². The van der Waals surface area contributed by atoms with Crippen molar-refractivity contribution in [3.05, 3.63) is 228 Å². The molecule has 0 aliphatic heterocycles. The van der Waals surface area contributed by atoms with Crippen LogP contribution in [0, 0.1) is 5.92 Å². The predicted molar refractivity (Wildman–Crippen MR) is 215 cm³/mol. The average Bonchev–Trinajstić information content (AvgIpc) is 3.87. The van der Waals surface area contributed by atoms with Crippen molar-refractivity contribution >= 4 is 21.5 Å². The van der Waals surface area contributed by atoms with Gasteiger partial charge in [-0.25, -0.2) is 0 Å². The van der Waals surface area contributed by atoms with Crippen molar-refractivity contribution in [2.75, 3.05) is 0 Å². The van der Waals surface area contributed by atoms with E-state index in [1.807, 2.05) is 0 Å². The summed E-state index contributed by atoms with van der Waals surface area (Å²) in [5, 5.41) is 5.09. The van der Waals surface area contributed by atoms with E-state index in [4.69, 9.17) is 0 Å². The van der Waals surface area contributed by atoms with Crippen LogP contribution in [0.4, 0.5) is 0 Å². The molecule has 0 spiro atoms. The number of allylic oxidation sites excluding steroid dienone is 4. The molecule has 0 N–H and O–H groups in total. The van der Waals surface area contributed by atoms with Crippen LogP contribution in [0.3, 0.4) is 0 Å². The topological polar surface area (TPSA) is 0 Å². The maximum absolute atomic E-state index is 2.54. The number of hydrogen-bond donors (Lipinski definition) is 0. The molecule has 0 atom stereocenters. The van der Waals surface area contributed by atoms with Gasteiger partial charge in [-0.3, -0.25) is 0 Å². The molecule has 0 saturated heterocycles. The third-order valence-corrected chi connectivity index (χ3v) is 11.3. The van der Waals surface area contributed by atoms with E-state index in [1.165, 1.54) is 82.7 Å². The Labute approximate surface area is 299 Å². The maximum Gasteiger partial charge on any atom is 0.0551 e. The summed E-state index contributed by atoms with van der Waals surface area (Å²) in [6, 6.07) is 65.6. The molecule has 8 aromatic rings. The van der Waals surface area contributed by atoms with Crippen LogP contribution in [0.25, 0.3) is 54.9 Å². The Morgan fingerprint density at radius 2 is 0.941 bits per heavy atom. The van der Waals surface area contributed by atoms with Crippen LogP contribution in [0.5, 0.6) is 0 Å². The Morgan fingerprint density at radius 1 is 0.412 bits per heavy atom. The minimum Gasteiger partial charge on any atom is -0.0761 e. The van der Waals surface area contributed by atoms with Crippen LogP contribution < -0.4 is 0 Å². The first kappa shape index (κ1) is 29.7. The van der Waals surface area contributed by atoms with Gasteiger partial charge in [-0.1, -0.05) is 182 Å². The van der Waals surface area contributed by atoms with E-state index < -0.39 is 5.41 Å².